The number of sulfonamides is 1. The van der Waals surface area contributed by atoms with E-state index in [0.717, 1.165) is 17.7 Å². The third-order valence-corrected chi connectivity index (χ3v) is 9.71. The van der Waals surface area contributed by atoms with Gasteiger partial charge in [0.05, 0.1) is 5.69 Å². The van der Waals surface area contributed by atoms with E-state index in [-0.39, 0.29) is 11.8 Å². The Morgan fingerprint density at radius 1 is 1.14 bits per heavy atom. The summed E-state index contributed by atoms with van der Waals surface area (Å²) < 4.78 is 27.1. The van der Waals surface area contributed by atoms with Crippen LogP contribution in [0.4, 0.5) is 5.13 Å². The first-order chi connectivity index (χ1) is 14.0. The molecule has 3 aromatic rings. The number of nitrogens with one attached hydrogen (secondary N) is 1. The van der Waals surface area contributed by atoms with E-state index in [1.165, 1.54) is 37.4 Å². The van der Waals surface area contributed by atoms with Crippen molar-refractivity contribution in [1.29, 1.82) is 0 Å². The summed E-state index contributed by atoms with van der Waals surface area (Å²) in [6, 6.07) is 11.6. The molecule has 1 aromatic carbocycles. The van der Waals surface area contributed by atoms with Crippen LogP contribution in [-0.4, -0.2) is 36.7 Å². The van der Waals surface area contributed by atoms with Crippen molar-refractivity contribution in [2.24, 2.45) is 5.92 Å². The second-order valence-electron chi connectivity index (χ2n) is 7.22. The molecule has 6 nitrogen and oxygen atoms in total. The summed E-state index contributed by atoms with van der Waals surface area (Å²) in [4.78, 5) is 18.5. The van der Waals surface area contributed by atoms with E-state index in [0.29, 0.717) is 35.3 Å². The Morgan fingerprint density at radius 3 is 2.69 bits per heavy atom. The SMILES string of the molecule is O=C(Nc1nc2c(s1)Cc1ccccc1-2)C1CCN(S(=O)(=O)c2cccs2)CC1. The number of aromatic nitrogens is 1. The standard InChI is InChI=1S/C20H19N3O3S3/c24-19(13-7-9-23(10-8-13)29(25,26)17-6-3-11-27-17)22-20-21-18-15-5-2-1-4-14(15)12-16(18)28-20/h1-6,11,13H,7-10,12H2,(H,21,22,24). The third kappa shape index (κ3) is 3.42. The minimum atomic E-state index is -3.44. The van der Waals surface area contributed by atoms with Crippen LogP contribution in [0.25, 0.3) is 11.3 Å². The highest BCUT2D eigenvalue weighted by molar-refractivity contribution is 7.91. The van der Waals surface area contributed by atoms with Gasteiger partial charge in [0.25, 0.3) is 10.0 Å². The molecule has 1 aliphatic carbocycles. The van der Waals surface area contributed by atoms with Gasteiger partial charge in [-0.1, -0.05) is 30.3 Å². The molecule has 29 heavy (non-hydrogen) atoms. The van der Waals surface area contributed by atoms with Crippen LogP contribution in [0.3, 0.4) is 0 Å². The lowest BCUT2D eigenvalue weighted by molar-refractivity contribution is -0.120. The normalized spacial score (nSPS) is 17.1. The summed E-state index contributed by atoms with van der Waals surface area (Å²) in [5.74, 6) is -0.269. The zero-order valence-electron chi connectivity index (χ0n) is 15.5. The maximum atomic E-state index is 12.7. The van der Waals surface area contributed by atoms with E-state index in [1.54, 1.807) is 17.5 Å². The monoisotopic (exact) mass is 445 g/mol. The average Bonchev–Trinajstić information content (AvgIpc) is 3.44. The summed E-state index contributed by atoms with van der Waals surface area (Å²) in [5, 5.41) is 5.34. The predicted octanol–water partition coefficient (Wildman–Crippen LogP) is 3.82. The zero-order chi connectivity index (χ0) is 20.0. The number of carbonyl (C=O) groups excluding carboxylic acids is 1. The fourth-order valence-electron chi connectivity index (χ4n) is 3.92. The highest BCUT2D eigenvalue weighted by Gasteiger charge is 2.33. The number of hydrogen-bond acceptors (Lipinski definition) is 6. The molecule has 0 spiro atoms. The van der Waals surface area contributed by atoms with Crippen molar-refractivity contribution in [3.63, 3.8) is 0 Å². The summed E-state index contributed by atoms with van der Waals surface area (Å²) in [6.45, 7) is 0.722. The lowest BCUT2D eigenvalue weighted by Gasteiger charge is -2.29. The van der Waals surface area contributed by atoms with Crippen molar-refractivity contribution in [3.8, 4) is 11.3 Å². The van der Waals surface area contributed by atoms with E-state index in [9.17, 15) is 13.2 Å². The lowest BCUT2D eigenvalue weighted by atomic mass is 9.97. The Bertz CT molecular complexity index is 1160. The van der Waals surface area contributed by atoms with Gasteiger partial charge in [0.2, 0.25) is 5.91 Å². The molecule has 0 radical (unpaired) electrons. The van der Waals surface area contributed by atoms with Gasteiger partial charge in [0, 0.05) is 35.9 Å². The van der Waals surface area contributed by atoms with Crippen molar-refractivity contribution < 1.29 is 13.2 Å². The molecule has 2 aromatic heterocycles. The van der Waals surface area contributed by atoms with Gasteiger partial charge < -0.3 is 5.32 Å². The number of anilines is 1. The minimum Gasteiger partial charge on any atom is -0.302 e. The van der Waals surface area contributed by atoms with Gasteiger partial charge in [-0.15, -0.1) is 22.7 Å². The van der Waals surface area contributed by atoms with Crippen LogP contribution < -0.4 is 5.32 Å². The molecule has 9 heteroatoms. The number of piperidine rings is 1. The number of amides is 1. The maximum Gasteiger partial charge on any atom is 0.252 e. The number of fused-ring (bicyclic) bond motifs is 3. The molecular weight excluding hydrogens is 426 g/mol. The fourth-order valence-corrected chi connectivity index (χ4v) is 7.53. The number of nitrogens with zero attached hydrogens (tertiary/aromatic N) is 2. The van der Waals surface area contributed by atoms with Crippen molar-refractivity contribution in [2.45, 2.75) is 23.5 Å². The highest BCUT2D eigenvalue weighted by Crippen LogP contribution is 2.41. The van der Waals surface area contributed by atoms with Crippen LogP contribution in [0, 0.1) is 5.92 Å². The number of carbonyl (C=O) groups is 1. The van der Waals surface area contributed by atoms with Crippen molar-refractivity contribution >= 4 is 43.7 Å². The maximum absolute atomic E-state index is 12.7. The third-order valence-electron chi connectivity index (χ3n) is 5.46. The van der Waals surface area contributed by atoms with Crippen molar-refractivity contribution in [2.75, 3.05) is 18.4 Å². The molecule has 0 atom stereocenters. The van der Waals surface area contributed by atoms with Gasteiger partial charge in [-0.25, -0.2) is 13.4 Å². The molecule has 2 aliphatic rings. The highest BCUT2D eigenvalue weighted by atomic mass is 32.2. The minimum absolute atomic E-state index is 0.0705. The molecule has 1 aliphatic heterocycles. The first-order valence-corrected chi connectivity index (χ1v) is 12.6. The van der Waals surface area contributed by atoms with E-state index in [1.807, 2.05) is 12.1 Å². The Balaban J connectivity index is 1.23. The van der Waals surface area contributed by atoms with Crippen LogP contribution in [-0.2, 0) is 21.2 Å². The Morgan fingerprint density at radius 2 is 1.93 bits per heavy atom. The second-order valence-corrected chi connectivity index (χ2v) is 11.4. The first kappa shape index (κ1) is 18.9. The average molecular weight is 446 g/mol. The first-order valence-electron chi connectivity index (χ1n) is 9.45. The summed E-state index contributed by atoms with van der Waals surface area (Å²) in [6.07, 6.45) is 1.90. The van der Waals surface area contributed by atoms with Gasteiger partial charge in [-0.05, 0) is 29.9 Å². The molecule has 1 amide bonds. The number of thiazole rings is 1. The Hall–Kier alpha value is -2.07. The van der Waals surface area contributed by atoms with E-state index < -0.39 is 10.0 Å². The molecule has 1 saturated heterocycles. The largest absolute Gasteiger partial charge is 0.302 e. The van der Waals surface area contributed by atoms with Gasteiger partial charge >= 0.3 is 0 Å². The molecule has 0 bridgehead atoms. The molecular formula is C20H19N3O3S3. The number of hydrogen-bond donors (Lipinski definition) is 1. The van der Waals surface area contributed by atoms with Crippen LogP contribution in [0.2, 0.25) is 0 Å². The Kier molecular flexibility index (Phi) is 4.78. The molecule has 3 heterocycles. The van der Waals surface area contributed by atoms with Gasteiger partial charge in [0.1, 0.15) is 4.21 Å². The molecule has 1 fully saturated rings. The zero-order valence-corrected chi connectivity index (χ0v) is 17.9. The Labute approximate surface area is 177 Å². The van der Waals surface area contributed by atoms with Crippen LogP contribution >= 0.6 is 22.7 Å². The van der Waals surface area contributed by atoms with Crippen LogP contribution in [0.15, 0.2) is 46.0 Å². The molecule has 0 unspecified atom stereocenters. The number of benzene rings is 1. The molecule has 0 saturated carbocycles. The number of rotatable bonds is 4. The van der Waals surface area contributed by atoms with Gasteiger partial charge in [-0.2, -0.15) is 4.31 Å². The van der Waals surface area contributed by atoms with Gasteiger partial charge in [0.15, 0.2) is 5.13 Å². The predicted molar refractivity (Wildman–Crippen MR) is 115 cm³/mol. The van der Waals surface area contributed by atoms with Gasteiger partial charge in [-0.3, -0.25) is 4.79 Å². The quantitative estimate of drug-likeness (QED) is 0.518. The fraction of sp³-hybridized carbons (Fsp3) is 0.300. The summed E-state index contributed by atoms with van der Waals surface area (Å²) in [5.41, 5.74) is 3.39. The van der Waals surface area contributed by atoms with Crippen LogP contribution in [0.1, 0.15) is 23.3 Å². The topological polar surface area (TPSA) is 79.4 Å². The van der Waals surface area contributed by atoms with Crippen LogP contribution in [0.5, 0.6) is 0 Å². The van der Waals surface area contributed by atoms with Crippen molar-refractivity contribution in [1.82, 2.24) is 9.29 Å². The van der Waals surface area contributed by atoms with E-state index >= 15 is 0 Å². The summed E-state index contributed by atoms with van der Waals surface area (Å²) in [7, 11) is -3.44. The van der Waals surface area contributed by atoms with E-state index in [2.05, 4.69) is 22.4 Å². The summed E-state index contributed by atoms with van der Waals surface area (Å²) >= 11 is 2.75. The molecule has 1 N–H and O–H groups in total. The second kappa shape index (κ2) is 7.32. The van der Waals surface area contributed by atoms with Crippen molar-refractivity contribution in [3.05, 3.63) is 52.2 Å². The number of thiophene rings is 1. The molecule has 5 rings (SSSR count). The molecule has 150 valence electrons. The lowest BCUT2D eigenvalue weighted by Crippen LogP contribution is -2.41. The van der Waals surface area contributed by atoms with E-state index in [4.69, 9.17) is 0 Å². The smallest absolute Gasteiger partial charge is 0.252 e.